The molecule has 0 saturated carbocycles. The lowest BCUT2D eigenvalue weighted by molar-refractivity contribution is 1.12. The summed E-state index contributed by atoms with van der Waals surface area (Å²) >= 11 is 0. The molecule has 0 amide bonds. The molecule has 0 atom stereocenters. The van der Waals surface area contributed by atoms with Crippen molar-refractivity contribution in [1.82, 2.24) is 0 Å². The monoisotopic (exact) mass is 126 g/mol. The summed E-state index contributed by atoms with van der Waals surface area (Å²) in [5.74, 6) is 0. The molecule has 0 fully saturated rings. The van der Waals surface area contributed by atoms with Gasteiger partial charge >= 0.3 is 0 Å². The van der Waals surface area contributed by atoms with Gasteiger partial charge < -0.3 is 5.73 Å². The van der Waals surface area contributed by atoms with E-state index >= 15 is 0 Å². The van der Waals surface area contributed by atoms with Gasteiger partial charge in [0.05, 0.1) is 0 Å². The van der Waals surface area contributed by atoms with Gasteiger partial charge in [0.15, 0.2) is 0 Å². The Labute approximate surface area is 56.5 Å². The van der Waals surface area contributed by atoms with Gasteiger partial charge in [-0.15, -0.1) is 0 Å². The summed E-state index contributed by atoms with van der Waals surface area (Å²) in [7, 11) is 0. The molecule has 0 unspecified atom stereocenters. The first kappa shape index (κ1) is 8.21. The van der Waals surface area contributed by atoms with E-state index in [9.17, 15) is 0 Å². The van der Waals surface area contributed by atoms with Gasteiger partial charge in [-0.05, 0) is 32.5 Å². The van der Waals surface area contributed by atoms with Crippen LogP contribution in [-0.4, -0.2) is 12.3 Å². The molecule has 0 rings (SSSR count). The Kier molecular flexibility index (Phi) is 3.76. The lowest BCUT2D eigenvalue weighted by Crippen LogP contribution is -1.96. The minimum absolute atomic E-state index is 0.830. The van der Waals surface area contributed by atoms with Crippen molar-refractivity contribution in [3.8, 4) is 0 Å². The number of rotatable bonds is 2. The van der Waals surface area contributed by atoms with Crippen LogP contribution in [-0.2, 0) is 0 Å². The molecule has 0 bridgehead atoms. The molecular weight excluding hydrogens is 112 g/mol. The van der Waals surface area contributed by atoms with Gasteiger partial charge in [0, 0.05) is 12.3 Å². The van der Waals surface area contributed by atoms with Gasteiger partial charge in [-0.1, -0.05) is 0 Å². The van der Waals surface area contributed by atoms with Gasteiger partial charge in [-0.25, -0.2) is 0 Å². The number of hydrogen-bond donors (Lipinski definition) is 1. The van der Waals surface area contributed by atoms with E-state index in [-0.39, 0.29) is 0 Å². The predicted octanol–water partition coefficient (Wildman–Crippen LogP) is 1.33. The summed E-state index contributed by atoms with van der Waals surface area (Å²) in [6.45, 7) is 6.75. The zero-order valence-corrected chi connectivity index (χ0v) is 6.31. The SMILES string of the molecule is CCN=C(C)C(C)=CN. The first-order chi connectivity index (χ1) is 4.22. The molecule has 2 heteroatoms. The smallest absolute Gasteiger partial charge is 0.0364 e. The Balaban J connectivity index is 4.03. The summed E-state index contributed by atoms with van der Waals surface area (Å²) in [4.78, 5) is 4.16. The Morgan fingerprint density at radius 1 is 1.56 bits per heavy atom. The summed E-state index contributed by atoms with van der Waals surface area (Å²) in [5, 5.41) is 0. The van der Waals surface area contributed by atoms with Gasteiger partial charge in [0.25, 0.3) is 0 Å². The van der Waals surface area contributed by atoms with Gasteiger partial charge in [0.1, 0.15) is 0 Å². The van der Waals surface area contributed by atoms with Crippen LogP contribution in [0.2, 0.25) is 0 Å². The zero-order valence-electron chi connectivity index (χ0n) is 6.31. The molecule has 2 nitrogen and oxygen atoms in total. The predicted molar refractivity (Wildman–Crippen MR) is 41.6 cm³/mol. The first-order valence-corrected chi connectivity index (χ1v) is 3.12. The molecule has 52 valence electrons. The molecule has 0 heterocycles. The third-order valence-electron chi connectivity index (χ3n) is 1.22. The number of allylic oxidation sites excluding steroid dienone is 1. The quantitative estimate of drug-likeness (QED) is 0.557. The van der Waals surface area contributed by atoms with Crippen LogP contribution in [0.4, 0.5) is 0 Å². The minimum Gasteiger partial charge on any atom is -0.404 e. The highest BCUT2D eigenvalue weighted by molar-refractivity contribution is 5.97. The maximum atomic E-state index is 5.26. The van der Waals surface area contributed by atoms with E-state index in [0.717, 1.165) is 17.8 Å². The van der Waals surface area contributed by atoms with Crippen molar-refractivity contribution in [2.24, 2.45) is 10.7 Å². The van der Waals surface area contributed by atoms with E-state index in [1.807, 2.05) is 20.8 Å². The van der Waals surface area contributed by atoms with Crippen molar-refractivity contribution >= 4 is 5.71 Å². The fourth-order valence-corrected chi connectivity index (χ4v) is 0.482. The normalized spacial score (nSPS) is 14.1. The number of nitrogens with two attached hydrogens (primary N) is 1. The average Bonchev–Trinajstić information content (AvgIpc) is 1.87. The Morgan fingerprint density at radius 2 is 2.11 bits per heavy atom. The highest BCUT2D eigenvalue weighted by Crippen LogP contribution is 1.92. The van der Waals surface area contributed by atoms with Crippen LogP contribution >= 0.6 is 0 Å². The molecule has 9 heavy (non-hydrogen) atoms. The maximum Gasteiger partial charge on any atom is 0.0364 e. The van der Waals surface area contributed by atoms with E-state index in [1.54, 1.807) is 6.20 Å². The molecule has 0 saturated heterocycles. The molecule has 0 aromatic carbocycles. The molecule has 0 aromatic rings. The van der Waals surface area contributed by atoms with E-state index in [1.165, 1.54) is 0 Å². The van der Waals surface area contributed by atoms with E-state index in [0.29, 0.717) is 0 Å². The Bertz CT molecular complexity index is 134. The van der Waals surface area contributed by atoms with Crippen molar-refractivity contribution in [2.45, 2.75) is 20.8 Å². The lowest BCUT2D eigenvalue weighted by atomic mass is 10.2. The molecule has 0 radical (unpaired) electrons. The molecule has 0 aliphatic rings. The maximum absolute atomic E-state index is 5.26. The van der Waals surface area contributed by atoms with Gasteiger partial charge in [-0.3, -0.25) is 4.99 Å². The number of aliphatic imine (C=N–C) groups is 1. The van der Waals surface area contributed by atoms with Crippen LogP contribution in [0.5, 0.6) is 0 Å². The summed E-state index contributed by atoms with van der Waals surface area (Å²) in [6, 6.07) is 0. The minimum atomic E-state index is 0.830. The second-order valence-corrected chi connectivity index (χ2v) is 1.91. The summed E-state index contributed by atoms with van der Waals surface area (Å²) < 4.78 is 0. The topological polar surface area (TPSA) is 38.4 Å². The Morgan fingerprint density at radius 3 is 2.44 bits per heavy atom. The van der Waals surface area contributed by atoms with Crippen LogP contribution in [0.3, 0.4) is 0 Å². The van der Waals surface area contributed by atoms with Crippen LogP contribution in [0, 0.1) is 0 Å². The first-order valence-electron chi connectivity index (χ1n) is 3.12. The number of nitrogens with zero attached hydrogens (tertiary/aromatic N) is 1. The summed E-state index contributed by atoms with van der Waals surface area (Å²) in [6.07, 6.45) is 1.58. The van der Waals surface area contributed by atoms with Crippen LogP contribution in [0.25, 0.3) is 0 Å². The molecule has 2 N–H and O–H groups in total. The Hall–Kier alpha value is -0.790. The van der Waals surface area contributed by atoms with Crippen molar-refractivity contribution < 1.29 is 0 Å². The van der Waals surface area contributed by atoms with Crippen molar-refractivity contribution in [2.75, 3.05) is 6.54 Å². The largest absolute Gasteiger partial charge is 0.404 e. The van der Waals surface area contributed by atoms with Crippen molar-refractivity contribution in [3.05, 3.63) is 11.8 Å². The molecule has 0 aromatic heterocycles. The lowest BCUT2D eigenvalue weighted by Gasteiger charge is -1.95. The fraction of sp³-hybridized carbons (Fsp3) is 0.571. The zero-order chi connectivity index (χ0) is 7.28. The van der Waals surface area contributed by atoms with E-state index in [4.69, 9.17) is 5.73 Å². The van der Waals surface area contributed by atoms with E-state index in [2.05, 4.69) is 4.99 Å². The molecule has 0 aliphatic heterocycles. The van der Waals surface area contributed by atoms with Crippen molar-refractivity contribution in [1.29, 1.82) is 0 Å². The second kappa shape index (κ2) is 4.13. The van der Waals surface area contributed by atoms with E-state index < -0.39 is 0 Å². The molecular formula is C7H14N2. The molecule has 0 spiro atoms. The highest BCUT2D eigenvalue weighted by atomic mass is 14.7. The van der Waals surface area contributed by atoms with Crippen LogP contribution < -0.4 is 5.73 Å². The van der Waals surface area contributed by atoms with Crippen LogP contribution in [0.1, 0.15) is 20.8 Å². The second-order valence-electron chi connectivity index (χ2n) is 1.91. The summed E-state index contributed by atoms with van der Waals surface area (Å²) in [5.41, 5.74) is 7.34. The van der Waals surface area contributed by atoms with Crippen molar-refractivity contribution in [3.63, 3.8) is 0 Å². The van der Waals surface area contributed by atoms with Crippen LogP contribution in [0.15, 0.2) is 16.8 Å². The van der Waals surface area contributed by atoms with Gasteiger partial charge in [-0.2, -0.15) is 0 Å². The average molecular weight is 126 g/mol. The highest BCUT2D eigenvalue weighted by Gasteiger charge is 1.89. The third kappa shape index (κ3) is 2.90. The number of hydrogen-bond acceptors (Lipinski definition) is 2. The fourth-order valence-electron chi connectivity index (χ4n) is 0.482. The third-order valence-corrected chi connectivity index (χ3v) is 1.22. The van der Waals surface area contributed by atoms with Gasteiger partial charge in [0.2, 0.25) is 0 Å². The standard InChI is InChI=1S/C7H14N2/c1-4-9-7(3)6(2)5-8/h5H,4,8H2,1-3H3. The molecule has 0 aliphatic carbocycles.